The van der Waals surface area contributed by atoms with E-state index in [0.717, 1.165) is 52.1 Å². The molecule has 3 rings (SSSR count). The van der Waals surface area contributed by atoms with E-state index >= 15 is 0 Å². The molecule has 0 amide bonds. The lowest BCUT2D eigenvalue weighted by molar-refractivity contribution is 0.219. The second-order valence-corrected chi connectivity index (χ2v) is 6.96. The van der Waals surface area contributed by atoms with Gasteiger partial charge in [-0.1, -0.05) is 24.3 Å². The van der Waals surface area contributed by atoms with Gasteiger partial charge in [0.25, 0.3) is 0 Å². The predicted molar refractivity (Wildman–Crippen MR) is 87.4 cm³/mol. The molecular formula is C18H28N2O2. The van der Waals surface area contributed by atoms with E-state index in [0.29, 0.717) is 25.0 Å². The number of rotatable bonds is 6. The molecule has 0 radical (unpaired) electrons. The minimum Gasteiger partial charge on any atom is -0.396 e. The summed E-state index contributed by atoms with van der Waals surface area (Å²) in [5.74, 6) is 0.933. The smallest absolute Gasteiger partial charge is 0.0471 e. The van der Waals surface area contributed by atoms with Crippen molar-refractivity contribution in [3.63, 3.8) is 0 Å². The molecule has 1 aromatic carbocycles. The van der Waals surface area contributed by atoms with E-state index in [2.05, 4.69) is 34.1 Å². The second kappa shape index (κ2) is 7.55. The van der Waals surface area contributed by atoms with E-state index in [1.807, 2.05) is 0 Å². The van der Waals surface area contributed by atoms with Gasteiger partial charge in [-0.05, 0) is 48.9 Å². The Kier molecular flexibility index (Phi) is 5.47. The maximum Gasteiger partial charge on any atom is 0.0471 e. The van der Waals surface area contributed by atoms with Gasteiger partial charge in [-0.3, -0.25) is 9.80 Å². The zero-order valence-corrected chi connectivity index (χ0v) is 13.3. The second-order valence-electron chi connectivity index (χ2n) is 6.96. The summed E-state index contributed by atoms with van der Waals surface area (Å²) in [6, 6.07) is 8.95. The van der Waals surface area contributed by atoms with Gasteiger partial charge in [0.05, 0.1) is 0 Å². The molecule has 4 heteroatoms. The van der Waals surface area contributed by atoms with E-state index in [1.54, 1.807) is 0 Å². The summed E-state index contributed by atoms with van der Waals surface area (Å²) in [4.78, 5) is 4.87. The first kappa shape index (κ1) is 15.9. The fourth-order valence-electron chi connectivity index (χ4n) is 3.68. The molecule has 22 heavy (non-hydrogen) atoms. The van der Waals surface area contributed by atoms with Gasteiger partial charge in [-0.15, -0.1) is 0 Å². The van der Waals surface area contributed by atoms with Crippen LogP contribution in [0.15, 0.2) is 24.3 Å². The third kappa shape index (κ3) is 4.07. The van der Waals surface area contributed by atoms with Crippen LogP contribution in [0.25, 0.3) is 0 Å². The van der Waals surface area contributed by atoms with E-state index in [4.69, 9.17) is 0 Å². The van der Waals surface area contributed by atoms with Gasteiger partial charge in [-0.25, -0.2) is 0 Å². The first-order valence-corrected chi connectivity index (χ1v) is 8.51. The lowest BCUT2D eigenvalue weighted by atomic mass is 10.1. The van der Waals surface area contributed by atoms with E-state index in [1.165, 1.54) is 11.1 Å². The lowest BCUT2D eigenvalue weighted by Crippen LogP contribution is -2.22. The highest BCUT2D eigenvalue weighted by Gasteiger charge is 2.22. The Balaban J connectivity index is 1.48. The van der Waals surface area contributed by atoms with Crippen LogP contribution >= 0.6 is 0 Å². The SMILES string of the molecule is OCC1CCN(Cc2ccc(CN3CCC(CO)C3)cc2)C1. The number of hydrogen-bond acceptors (Lipinski definition) is 4. The van der Waals surface area contributed by atoms with Crippen LogP contribution in [0.3, 0.4) is 0 Å². The lowest BCUT2D eigenvalue weighted by Gasteiger charge is -2.17. The first-order valence-electron chi connectivity index (χ1n) is 8.51. The average molecular weight is 304 g/mol. The molecule has 122 valence electrons. The summed E-state index contributed by atoms with van der Waals surface area (Å²) >= 11 is 0. The van der Waals surface area contributed by atoms with Gasteiger partial charge >= 0.3 is 0 Å². The monoisotopic (exact) mass is 304 g/mol. The van der Waals surface area contributed by atoms with Gasteiger partial charge < -0.3 is 10.2 Å². The highest BCUT2D eigenvalue weighted by atomic mass is 16.3. The summed E-state index contributed by atoms with van der Waals surface area (Å²) < 4.78 is 0. The number of aliphatic hydroxyl groups excluding tert-OH is 2. The summed E-state index contributed by atoms with van der Waals surface area (Å²) in [5.41, 5.74) is 2.72. The molecule has 2 unspecified atom stereocenters. The standard InChI is InChI=1S/C18H28N2O2/c21-13-17-5-7-19(11-17)9-15-1-2-16(4-3-15)10-20-8-6-18(12-20)14-22/h1-4,17-18,21-22H,5-14H2. The Bertz CT molecular complexity index is 420. The third-order valence-corrected chi connectivity index (χ3v) is 5.09. The first-order chi connectivity index (χ1) is 10.8. The zero-order chi connectivity index (χ0) is 15.4. The number of nitrogens with zero attached hydrogens (tertiary/aromatic N) is 2. The van der Waals surface area contributed by atoms with E-state index in [9.17, 15) is 10.2 Å². The van der Waals surface area contributed by atoms with Gasteiger partial charge in [0.15, 0.2) is 0 Å². The van der Waals surface area contributed by atoms with Crippen LogP contribution in [-0.4, -0.2) is 59.4 Å². The number of aliphatic hydroxyl groups is 2. The summed E-state index contributed by atoms with van der Waals surface area (Å²) in [6.45, 7) is 6.87. The van der Waals surface area contributed by atoms with Crippen molar-refractivity contribution in [2.75, 3.05) is 39.4 Å². The van der Waals surface area contributed by atoms with Crippen molar-refractivity contribution in [1.82, 2.24) is 9.80 Å². The number of benzene rings is 1. The van der Waals surface area contributed by atoms with Crippen LogP contribution in [0.5, 0.6) is 0 Å². The van der Waals surface area contributed by atoms with E-state index < -0.39 is 0 Å². The molecule has 0 spiro atoms. The molecule has 2 atom stereocenters. The van der Waals surface area contributed by atoms with Crippen molar-refractivity contribution >= 4 is 0 Å². The molecule has 2 fully saturated rings. The molecule has 0 bridgehead atoms. The topological polar surface area (TPSA) is 46.9 Å². The van der Waals surface area contributed by atoms with Crippen molar-refractivity contribution in [1.29, 1.82) is 0 Å². The quantitative estimate of drug-likeness (QED) is 0.832. The molecule has 2 aliphatic rings. The van der Waals surface area contributed by atoms with Crippen molar-refractivity contribution in [2.24, 2.45) is 11.8 Å². The summed E-state index contributed by atoms with van der Waals surface area (Å²) in [5, 5.41) is 18.4. The van der Waals surface area contributed by atoms with Crippen LogP contribution in [0.2, 0.25) is 0 Å². The van der Waals surface area contributed by atoms with Gasteiger partial charge in [0.1, 0.15) is 0 Å². The Morgan fingerprint density at radius 1 is 0.773 bits per heavy atom. The predicted octanol–water partition coefficient (Wildman–Crippen LogP) is 1.31. The minimum absolute atomic E-state index is 0.320. The van der Waals surface area contributed by atoms with Crippen LogP contribution in [0.4, 0.5) is 0 Å². The average Bonchev–Trinajstić information content (AvgIpc) is 3.18. The molecule has 4 nitrogen and oxygen atoms in total. The van der Waals surface area contributed by atoms with Gasteiger partial charge in [0.2, 0.25) is 0 Å². The van der Waals surface area contributed by atoms with Gasteiger partial charge in [0, 0.05) is 39.4 Å². The molecule has 0 aliphatic carbocycles. The van der Waals surface area contributed by atoms with E-state index in [-0.39, 0.29) is 0 Å². The molecule has 0 aromatic heterocycles. The Morgan fingerprint density at radius 2 is 1.18 bits per heavy atom. The zero-order valence-electron chi connectivity index (χ0n) is 13.3. The van der Waals surface area contributed by atoms with Crippen molar-refractivity contribution < 1.29 is 10.2 Å². The molecular weight excluding hydrogens is 276 g/mol. The normalized spacial score (nSPS) is 26.8. The largest absolute Gasteiger partial charge is 0.396 e. The van der Waals surface area contributed by atoms with Crippen LogP contribution in [-0.2, 0) is 13.1 Å². The minimum atomic E-state index is 0.320. The molecule has 1 aromatic rings. The number of likely N-dealkylation sites (tertiary alicyclic amines) is 2. The van der Waals surface area contributed by atoms with Crippen LogP contribution < -0.4 is 0 Å². The Labute approximate surface area is 133 Å². The van der Waals surface area contributed by atoms with Crippen molar-refractivity contribution in [3.05, 3.63) is 35.4 Å². The van der Waals surface area contributed by atoms with Crippen molar-refractivity contribution in [3.8, 4) is 0 Å². The van der Waals surface area contributed by atoms with Gasteiger partial charge in [-0.2, -0.15) is 0 Å². The molecule has 2 N–H and O–H groups in total. The van der Waals surface area contributed by atoms with Crippen LogP contribution in [0.1, 0.15) is 24.0 Å². The Morgan fingerprint density at radius 3 is 1.50 bits per heavy atom. The Hall–Kier alpha value is -0.940. The van der Waals surface area contributed by atoms with Crippen molar-refractivity contribution in [2.45, 2.75) is 25.9 Å². The summed E-state index contributed by atoms with van der Waals surface area (Å²) in [7, 11) is 0. The maximum atomic E-state index is 9.21. The highest BCUT2D eigenvalue weighted by Crippen LogP contribution is 2.20. The highest BCUT2D eigenvalue weighted by molar-refractivity contribution is 5.22. The summed E-state index contributed by atoms with van der Waals surface area (Å²) in [6.07, 6.45) is 2.24. The fourth-order valence-corrected chi connectivity index (χ4v) is 3.68. The third-order valence-electron chi connectivity index (χ3n) is 5.09. The molecule has 2 saturated heterocycles. The maximum absolute atomic E-state index is 9.21. The fraction of sp³-hybridized carbons (Fsp3) is 0.667. The van der Waals surface area contributed by atoms with Crippen LogP contribution in [0, 0.1) is 11.8 Å². The molecule has 2 aliphatic heterocycles. The molecule has 2 heterocycles. The number of hydrogen-bond donors (Lipinski definition) is 2. The molecule has 0 saturated carbocycles.